The van der Waals surface area contributed by atoms with Gasteiger partial charge in [0.25, 0.3) is 0 Å². The number of halogens is 2. The van der Waals surface area contributed by atoms with Crippen molar-refractivity contribution in [3.63, 3.8) is 0 Å². The molecule has 0 radical (unpaired) electrons. The van der Waals surface area contributed by atoms with Crippen LogP contribution in [0.15, 0.2) is 18.2 Å². The maximum Gasteiger partial charge on any atom is 0.245 e. The Bertz CT molecular complexity index is 599. The van der Waals surface area contributed by atoms with Gasteiger partial charge in [0, 0.05) is 21.7 Å². The Hall–Kier alpha value is -1.57. The Kier molecular flexibility index (Phi) is 5.82. The van der Waals surface area contributed by atoms with Crippen molar-refractivity contribution in [2.24, 2.45) is 5.92 Å². The smallest absolute Gasteiger partial charge is 0.245 e. The Labute approximate surface area is 139 Å². The summed E-state index contributed by atoms with van der Waals surface area (Å²) >= 11 is 11.7. The van der Waals surface area contributed by atoms with Gasteiger partial charge in [-0.2, -0.15) is 5.26 Å². The zero-order chi connectivity index (χ0) is 16.1. The molecule has 1 saturated carbocycles. The van der Waals surface area contributed by atoms with E-state index in [0.717, 1.165) is 32.1 Å². The van der Waals surface area contributed by atoms with Crippen LogP contribution in [0.2, 0.25) is 10.0 Å². The van der Waals surface area contributed by atoms with Crippen molar-refractivity contribution in [2.75, 3.05) is 0 Å². The molecule has 2 rings (SSSR count). The molecule has 1 aliphatic carbocycles. The number of nitrogens with zero attached hydrogens (tertiary/aromatic N) is 1. The number of benzene rings is 1. The number of nitrogens with one attached hydrogen (secondary N) is 1. The highest BCUT2D eigenvalue weighted by Gasteiger charge is 2.29. The summed E-state index contributed by atoms with van der Waals surface area (Å²) in [4.78, 5) is 24.6. The average molecular weight is 339 g/mol. The van der Waals surface area contributed by atoms with Crippen molar-refractivity contribution in [2.45, 2.75) is 38.1 Å². The lowest BCUT2D eigenvalue weighted by molar-refractivity contribution is -0.123. The zero-order valence-electron chi connectivity index (χ0n) is 11.9. The molecule has 0 bridgehead atoms. The summed E-state index contributed by atoms with van der Waals surface area (Å²) in [5.41, 5.74) is 0.169. The molecule has 0 aromatic heterocycles. The summed E-state index contributed by atoms with van der Waals surface area (Å²) < 4.78 is 0. The first-order valence-electron chi connectivity index (χ1n) is 7.21. The van der Waals surface area contributed by atoms with Crippen LogP contribution in [0.4, 0.5) is 0 Å². The highest BCUT2D eigenvalue weighted by atomic mass is 35.5. The highest BCUT2D eigenvalue weighted by Crippen LogP contribution is 2.22. The zero-order valence-corrected chi connectivity index (χ0v) is 13.5. The first kappa shape index (κ1) is 16.8. The van der Waals surface area contributed by atoms with Gasteiger partial charge in [-0.25, -0.2) is 0 Å². The van der Waals surface area contributed by atoms with Gasteiger partial charge in [0.15, 0.2) is 11.7 Å². The summed E-state index contributed by atoms with van der Waals surface area (Å²) in [6.07, 6.45) is 5.05. The van der Waals surface area contributed by atoms with E-state index in [4.69, 9.17) is 23.2 Å². The average Bonchev–Trinajstić information content (AvgIpc) is 2.47. The van der Waals surface area contributed by atoms with Crippen LogP contribution >= 0.6 is 23.2 Å². The number of ketones is 1. The molecule has 1 atom stereocenters. The molecule has 1 N–H and O–H groups in total. The van der Waals surface area contributed by atoms with E-state index in [9.17, 15) is 14.9 Å². The molecule has 1 aromatic carbocycles. The maximum absolute atomic E-state index is 12.4. The molecule has 1 fully saturated rings. The summed E-state index contributed by atoms with van der Waals surface area (Å²) in [6, 6.07) is 6.14. The fraction of sp³-hybridized carbons (Fsp3) is 0.438. The molecule has 0 spiro atoms. The first-order chi connectivity index (χ1) is 10.5. The molecular formula is C16H16Cl2N2O2. The molecule has 0 saturated heterocycles. The SMILES string of the molecule is N#C[C@@H](C(=O)NC1CCCCC1)C(=O)c1cc(Cl)cc(Cl)c1. The van der Waals surface area contributed by atoms with Gasteiger partial charge in [-0.15, -0.1) is 0 Å². The van der Waals surface area contributed by atoms with Gasteiger partial charge in [-0.3, -0.25) is 9.59 Å². The Morgan fingerprint density at radius 3 is 2.27 bits per heavy atom. The normalized spacial score (nSPS) is 16.6. The van der Waals surface area contributed by atoms with E-state index < -0.39 is 17.6 Å². The Morgan fingerprint density at radius 2 is 1.73 bits per heavy atom. The Balaban J connectivity index is 2.11. The number of amides is 1. The quantitative estimate of drug-likeness (QED) is 0.671. The molecule has 1 aliphatic rings. The van der Waals surface area contributed by atoms with Crippen molar-refractivity contribution in [1.29, 1.82) is 5.26 Å². The van der Waals surface area contributed by atoms with Crippen molar-refractivity contribution in [1.82, 2.24) is 5.32 Å². The summed E-state index contributed by atoms with van der Waals surface area (Å²) in [6.45, 7) is 0. The minimum Gasteiger partial charge on any atom is -0.352 e. The largest absolute Gasteiger partial charge is 0.352 e. The van der Waals surface area contributed by atoms with Crippen molar-refractivity contribution < 1.29 is 9.59 Å². The topological polar surface area (TPSA) is 70.0 Å². The third kappa shape index (κ3) is 4.22. The maximum atomic E-state index is 12.4. The predicted molar refractivity (Wildman–Crippen MR) is 84.9 cm³/mol. The molecule has 116 valence electrons. The van der Waals surface area contributed by atoms with Crippen LogP contribution in [0.1, 0.15) is 42.5 Å². The van der Waals surface area contributed by atoms with E-state index >= 15 is 0 Å². The number of nitriles is 1. The summed E-state index contributed by atoms with van der Waals surface area (Å²) in [7, 11) is 0. The molecule has 4 nitrogen and oxygen atoms in total. The molecular weight excluding hydrogens is 323 g/mol. The van der Waals surface area contributed by atoms with Gasteiger partial charge in [-0.05, 0) is 31.0 Å². The van der Waals surface area contributed by atoms with E-state index in [2.05, 4.69) is 5.32 Å². The predicted octanol–water partition coefficient (Wildman–Crippen LogP) is 3.76. The van der Waals surface area contributed by atoms with Gasteiger partial charge in [0.2, 0.25) is 5.91 Å². The van der Waals surface area contributed by atoms with Gasteiger partial charge in [0.05, 0.1) is 6.07 Å². The van der Waals surface area contributed by atoms with Crippen LogP contribution in [0.25, 0.3) is 0 Å². The number of carbonyl (C=O) groups is 2. The third-order valence-corrected chi connectivity index (χ3v) is 4.19. The fourth-order valence-corrected chi connectivity index (χ4v) is 3.16. The van der Waals surface area contributed by atoms with Crippen molar-refractivity contribution >= 4 is 34.9 Å². The van der Waals surface area contributed by atoms with E-state index in [1.54, 1.807) is 6.07 Å². The van der Waals surface area contributed by atoms with Crippen LogP contribution in [0, 0.1) is 17.2 Å². The third-order valence-electron chi connectivity index (χ3n) is 3.75. The van der Waals surface area contributed by atoms with Crippen LogP contribution in [-0.2, 0) is 4.79 Å². The second-order valence-electron chi connectivity index (χ2n) is 5.43. The van der Waals surface area contributed by atoms with Crippen LogP contribution in [-0.4, -0.2) is 17.7 Å². The fourth-order valence-electron chi connectivity index (χ4n) is 2.63. The second kappa shape index (κ2) is 7.62. The number of hydrogen-bond acceptors (Lipinski definition) is 3. The van der Waals surface area contributed by atoms with Crippen molar-refractivity contribution in [3.05, 3.63) is 33.8 Å². The van der Waals surface area contributed by atoms with Crippen LogP contribution in [0.3, 0.4) is 0 Å². The van der Waals surface area contributed by atoms with E-state index in [1.807, 2.05) is 0 Å². The first-order valence-corrected chi connectivity index (χ1v) is 7.97. The lowest BCUT2D eigenvalue weighted by atomic mass is 9.93. The summed E-state index contributed by atoms with van der Waals surface area (Å²) in [5, 5.41) is 12.6. The molecule has 1 aromatic rings. The Morgan fingerprint density at radius 1 is 1.14 bits per heavy atom. The lowest BCUT2D eigenvalue weighted by Crippen LogP contribution is -2.42. The molecule has 0 heterocycles. The number of rotatable bonds is 4. The molecule has 0 aliphatic heterocycles. The molecule has 1 amide bonds. The second-order valence-corrected chi connectivity index (χ2v) is 6.30. The minimum absolute atomic E-state index is 0.0489. The van der Waals surface area contributed by atoms with Gasteiger partial charge in [0.1, 0.15) is 0 Å². The van der Waals surface area contributed by atoms with E-state index in [0.29, 0.717) is 10.0 Å². The summed E-state index contributed by atoms with van der Waals surface area (Å²) in [5.74, 6) is -2.51. The molecule has 6 heteroatoms. The highest BCUT2D eigenvalue weighted by molar-refractivity contribution is 6.35. The van der Waals surface area contributed by atoms with Gasteiger partial charge >= 0.3 is 0 Å². The van der Waals surface area contributed by atoms with E-state index in [1.165, 1.54) is 18.2 Å². The monoisotopic (exact) mass is 338 g/mol. The number of carbonyl (C=O) groups excluding carboxylic acids is 2. The minimum atomic E-state index is -1.38. The molecule has 0 unspecified atom stereocenters. The number of Topliss-reactive ketones (excluding diaryl/α,β-unsaturated/α-hetero) is 1. The lowest BCUT2D eigenvalue weighted by Gasteiger charge is -2.23. The van der Waals surface area contributed by atoms with Gasteiger partial charge in [-0.1, -0.05) is 42.5 Å². The number of hydrogen-bond donors (Lipinski definition) is 1. The molecule has 22 heavy (non-hydrogen) atoms. The van der Waals surface area contributed by atoms with E-state index in [-0.39, 0.29) is 11.6 Å². The van der Waals surface area contributed by atoms with Gasteiger partial charge < -0.3 is 5.32 Å². The van der Waals surface area contributed by atoms with Crippen LogP contribution in [0.5, 0.6) is 0 Å². The van der Waals surface area contributed by atoms with Crippen LogP contribution < -0.4 is 5.32 Å². The van der Waals surface area contributed by atoms with Crippen molar-refractivity contribution in [3.8, 4) is 6.07 Å². The standard InChI is InChI=1S/C16H16Cl2N2O2/c17-11-6-10(7-12(18)8-11)15(21)14(9-19)16(22)20-13-4-2-1-3-5-13/h6-8,13-14H,1-5H2,(H,20,22)/t14-/m1/s1.